The normalized spacial score (nSPS) is 10.4. The molecule has 3 aromatic rings. The van der Waals surface area contributed by atoms with Crippen LogP contribution in [0.2, 0.25) is 0 Å². The Morgan fingerprint density at radius 1 is 0.917 bits per heavy atom. The van der Waals surface area contributed by atoms with E-state index in [-0.39, 0.29) is 18.1 Å². The summed E-state index contributed by atoms with van der Waals surface area (Å²) < 4.78 is 13.5. The van der Waals surface area contributed by atoms with E-state index in [1.807, 2.05) is 54.6 Å². The molecule has 0 saturated heterocycles. The zero-order chi connectivity index (χ0) is 16.9. The zero-order valence-electron chi connectivity index (χ0n) is 13.4. The van der Waals surface area contributed by atoms with Gasteiger partial charge in [0.15, 0.2) is 0 Å². The molecule has 0 aliphatic heterocycles. The van der Waals surface area contributed by atoms with Crippen LogP contribution in [0.5, 0.6) is 0 Å². The van der Waals surface area contributed by atoms with Crippen molar-refractivity contribution >= 4 is 11.6 Å². The molecule has 3 heteroatoms. The smallest absolute Gasteiger partial charge is 0.228 e. The SMILES string of the molecule is Cc1ccc(NC(=O)Cc2ccc(-c3ccccc3)cc2)cc1F. The van der Waals surface area contributed by atoms with Gasteiger partial charge in [0.25, 0.3) is 0 Å². The highest BCUT2D eigenvalue weighted by molar-refractivity contribution is 5.92. The van der Waals surface area contributed by atoms with Crippen molar-refractivity contribution in [1.82, 2.24) is 0 Å². The van der Waals surface area contributed by atoms with Crippen LogP contribution in [0.15, 0.2) is 72.8 Å². The molecule has 3 rings (SSSR count). The number of nitrogens with one attached hydrogen (secondary N) is 1. The van der Waals surface area contributed by atoms with Crippen molar-refractivity contribution < 1.29 is 9.18 Å². The predicted molar refractivity (Wildman–Crippen MR) is 95.3 cm³/mol. The van der Waals surface area contributed by atoms with Crippen LogP contribution in [0.25, 0.3) is 11.1 Å². The van der Waals surface area contributed by atoms with E-state index in [0.29, 0.717) is 11.3 Å². The standard InChI is InChI=1S/C21H18FNO/c1-15-7-12-19(14-20(15)22)23-21(24)13-16-8-10-18(11-9-16)17-5-3-2-4-6-17/h2-12,14H,13H2,1H3,(H,23,24). The molecule has 0 aliphatic carbocycles. The second-order valence-corrected chi connectivity index (χ2v) is 5.75. The lowest BCUT2D eigenvalue weighted by Crippen LogP contribution is -2.14. The van der Waals surface area contributed by atoms with Crippen LogP contribution in [-0.4, -0.2) is 5.91 Å². The van der Waals surface area contributed by atoms with Gasteiger partial charge in [0.2, 0.25) is 5.91 Å². The molecule has 24 heavy (non-hydrogen) atoms. The fourth-order valence-corrected chi connectivity index (χ4v) is 2.51. The molecule has 2 nitrogen and oxygen atoms in total. The first kappa shape index (κ1) is 15.9. The number of amides is 1. The Morgan fingerprint density at radius 3 is 2.25 bits per heavy atom. The Balaban J connectivity index is 1.65. The summed E-state index contributed by atoms with van der Waals surface area (Å²) in [6, 6.07) is 22.7. The Bertz CT molecular complexity index is 841. The van der Waals surface area contributed by atoms with E-state index < -0.39 is 0 Å². The van der Waals surface area contributed by atoms with Gasteiger partial charge < -0.3 is 5.32 Å². The van der Waals surface area contributed by atoms with Crippen LogP contribution in [0, 0.1) is 12.7 Å². The third-order valence-electron chi connectivity index (χ3n) is 3.88. The summed E-state index contributed by atoms with van der Waals surface area (Å²) in [4.78, 5) is 12.1. The summed E-state index contributed by atoms with van der Waals surface area (Å²) in [5.74, 6) is -0.481. The van der Waals surface area contributed by atoms with Gasteiger partial charge in [-0.15, -0.1) is 0 Å². The van der Waals surface area contributed by atoms with Crippen LogP contribution in [0.3, 0.4) is 0 Å². The minimum absolute atomic E-state index is 0.161. The maximum atomic E-state index is 13.5. The molecule has 0 fully saturated rings. The summed E-state index contributed by atoms with van der Waals surface area (Å²) in [5, 5.41) is 2.73. The molecule has 120 valence electrons. The van der Waals surface area contributed by atoms with Gasteiger partial charge in [-0.25, -0.2) is 4.39 Å². The van der Waals surface area contributed by atoms with Gasteiger partial charge in [0.05, 0.1) is 6.42 Å². The highest BCUT2D eigenvalue weighted by Gasteiger charge is 2.06. The number of halogens is 1. The minimum atomic E-state index is -0.319. The molecule has 1 N–H and O–H groups in total. The molecular formula is C21H18FNO. The van der Waals surface area contributed by atoms with Crippen molar-refractivity contribution in [3.8, 4) is 11.1 Å². The molecule has 0 unspecified atom stereocenters. The lowest BCUT2D eigenvalue weighted by molar-refractivity contribution is -0.115. The first-order valence-corrected chi connectivity index (χ1v) is 7.82. The van der Waals surface area contributed by atoms with Crippen molar-refractivity contribution in [2.45, 2.75) is 13.3 Å². The maximum absolute atomic E-state index is 13.5. The quantitative estimate of drug-likeness (QED) is 0.722. The first-order valence-electron chi connectivity index (χ1n) is 7.82. The Labute approximate surface area is 141 Å². The lowest BCUT2D eigenvalue weighted by atomic mass is 10.0. The van der Waals surface area contributed by atoms with E-state index in [4.69, 9.17) is 0 Å². The number of carbonyl (C=O) groups is 1. The molecule has 0 bridgehead atoms. The van der Waals surface area contributed by atoms with E-state index >= 15 is 0 Å². The van der Waals surface area contributed by atoms with Crippen LogP contribution in [-0.2, 0) is 11.2 Å². The molecule has 0 aliphatic rings. The molecule has 0 spiro atoms. The molecule has 3 aromatic carbocycles. The summed E-state index contributed by atoms with van der Waals surface area (Å²) in [5.41, 5.74) is 4.21. The molecule has 1 amide bonds. The van der Waals surface area contributed by atoms with Gasteiger partial charge in [-0.1, -0.05) is 60.7 Å². The zero-order valence-corrected chi connectivity index (χ0v) is 13.4. The van der Waals surface area contributed by atoms with Gasteiger partial charge in [0.1, 0.15) is 5.82 Å². The van der Waals surface area contributed by atoms with Crippen LogP contribution >= 0.6 is 0 Å². The third-order valence-corrected chi connectivity index (χ3v) is 3.88. The van der Waals surface area contributed by atoms with Crippen LogP contribution in [0.1, 0.15) is 11.1 Å². The van der Waals surface area contributed by atoms with E-state index in [1.54, 1.807) is 19.1 Å². The number of aryl methyl sites for hydroxylation is 1. The number of hydrogen-bond acceptors (Lipinski definition) is 1. The van der Waals surface area contributed by atoms with E-state index in [9.17, 15) is 9.18 Å². The van der Waals surface area contributed by atoms with Crippen molar-refractivity contribution in [1.29, 1.82) is 0 Å². The van der Waals surface area contributed by atoms with E-state index in [2.05, 4.69) is 5.32 Å². The van der Waals surface area contributed by atoms with E-state index in [1.165, 1.54) is 6.07 Å². The molecule has 0 heterocycles. The second kappa shape index (κ2) is 7.09. The molecular weight excluding hydrogens is 301 g/mol. The number of anilines is 1. The van der Waals surface area contributed by atoms with Crippen molar-refractivity contribution in [2.75, 3.05) is 5.32 Å². The Hall–Kier alpha value is -2.94. The van der Waals surface area contributed by atoms with Crippen LogP contribution in [0.4, 0.5) is 10.1 Å². The summed E-state index contributed by atoms with van der Waals surface area (Å²) >= 11 is 0. The summed E-state index contributed by atoms with van der Waals surface area (Å²) in [7, 11) is 0. The maximum Gasteiger partial charge on any atom is 0.228 e. The molecule has 0 atom stereocenters. The van der Waals surface area contributed by atoms with E-state index in [0.717, 1.165) is 16.7 Å². The molecule has 0 saturated carbocycles. The van der Waals surface area contributed by atoms with Gasteiger partial charge in [-0.2, -0.15) is 0 Å². The Kier molecular flexibility index (Phi) is 4.71. The monoisotopic (exact) mass is 319 g/mol. The topological polar surface area (TPSA) is 29.1 Å². The summed E-state index contributed by atoms with van der Waals surface area (Å²) in [6.07, 6.45) is 0.255. The largest absolute Gasteiger partial charge is 0.326 e. The third kappa shape index (κ3) is 3.87. The van der Waals surface area contributed by atoms with Gasteiger partial charge in [-0.3, -0.25) is 4.79 Å². The first-order chi connectivity index (χ1) is 11.6. The van der Waals surface area contributed by atoms with Crippen molar-refractivity contribution in [3.05, 3.63) is 89.7 Å². The lowest BCUT2D eigenvalue weighted by Gasteiger charge is -2.07. The number of rotatable bonds is 4. The fourth-order valence-electron chi connectivity index (χ4n) is 2.51. The molecule has 0 radical (unpaired) electrons. The van der Waals surface area contributed by atoms with Gasteiger partial charge >= 0.3 is 0 Å². The highest BCUT2D eigenvalue weighted by Crippen LogP contribution is 2.20. The van der Waals surface area contributed by atoms with Crippen molar-refractivity contribution in [2.24, 2.45) is 0 Å². The van der Waals surface area contributed by atoms with Gasteiger partial charge in [-0.05, 0) is 41.3 Å². The van der Waals surface area contributed by atoms with Crippen LogP contribution < -0.4 is 5.32 Å². The highest BCUT2D eigenvalue weighted by atomic mass is 19.1. The van der Waals surface area contributed by atoms with Gasteiger partial charge in [0, 0.05) is 5.69 Å². The minimum Gasteiger partial charge on any atom is -0.326 e. The molecule has 0 aromatic heterocycles. The predicted octanol–water partition coefficient (Wildman–Crippen LogP) is 4.98. The number of carbonyl (C=O) groups excluding carboxylic acids is 1. The fraction of sp³-hybridized carbons (Fsp3) is 0.0952. The Morgan fingerprint density at radius 2 is 1.58 bits per heavy atom. The average molecular weight is 319 g/mol. The van der Waals surface area contributed by atoms with Crippen molar-refractivity contribution in [3.63, 3.8) is 0 Å². The average Bonchev–Trinajstić information content (AvgIpc) is 2.59. The second-order valence-electron chi connectivity index (χ2n) is 5.75. The summed E-state index contributed by atoms with van der Waals surface area (Å²) in [6.45, 7) is 1.69. The number of hydrogen-bond donors (Lipinski definition) is 1. The number of benzene rings is 3.